The maximum Gasteiger partial charge on any atom is 0.254 e. The standard InChI is InChI=1S/C28H31N3O2S/c1-2-17-31(25-14-18-30(19-15-25)27(32)23-8-4-3-5-9-23)28(33)24-10-12-26(13-11-24)34-21-22-7-6-16-29-20-22/h3-13,16,20,25H,2,14-15,17-19,21H2,1H3. The molecule has 0 saturated carbocycles. The molecule has 2 heterocycles. The molecular formula is C28H31N3O2S. The zero-order valence-corrected chi connectivity index (χ0v) is 20.4. The molecule has 1 saturated heterocycles. The molecule has 5 nitrogen and oxygen atoms in total. The highest BCUT2D eigenvalue weighted by atomic mass is 32.2. The van der Waals surface area contributed by atoms with Crippen LogP contribution in [0.3, 0.4) is 0 Å². The number of benzene rings is 2. The van der Waals surface area contributed by atoms with E-state index in [4.69, 9.17) is 0 Å². The summed E-state index contributed by atoms with van der Waals surface area (Å²) in [5.74, 6) is 1.01. The van der Waals surface area contributed by atoms with E-state index in [1.165, 1.54) is 5.56 Å². The molecule has 2 aromatic carbocycles. The first kappa shape index (κ1) is 24.0. The molecule has 0 N–H and O–H groups in total. The average molecular weight is 474 g/mol. The van der Waals surface area contributed by atoms with Crippen LogP contribution in [-0.2, 0) is 5.75 Å². The average Bonchev–Trinajstić information content (AvgIpc) is 2.91. The minimum atomic E-state index is 0.0757. The van der Waals surface area contributed by atoms with Crippen molar-refractivity contribution >= 4 is 23.6 Å². The summed E-state index contributed by atoms with van der Waals surface area (Å²) in [7, 11) is 0. The van der Waals surface area contributed by atoms with Crippen LogP contribution >= 0.6 is 11.8 Å². The van der Waals surface area contributed by atoms with E-state index in [2.05, 4.69) is 18.0 Å². The quantitative estimate of drug-likeness (QED) is 0.404. The molecule has 0 bridgehead atoms. The minimum Gasteiger partial charge on any atom is -0.338 e. The van der Waals surface area contributed by atoms with Crippen LogP contribution in [0.15, 0.2) is 84.0 Å². The molecule has 1 fully saturated rings. The van der Waals surface area contributed by atoms with Crippen molar-refractivity contribution in [3.8, 4) is 0 Å². The first-order chi connectivity index (χ1) is 16.7. The fraction of sp³-hybridized carbons (Fsp3) is 0.321. The predicted molar refractivity (Wildman–Crippen MR) is 137 cm³/mol. The Kier molecular flexibility index (Phi) is 8.36. The Hall–Kier alpha value is -3.12. The number of nitrogens with zero attached hydrogens (tertiary/aromatic N) is 3. The van der Waals surface area contributed by atoms with Gasteiger partial charge in [-0.1, -0.05) is 31.2 Å². The Morgan fingerprint density at radius 3 is 2.35 bits per heavy atom. The Labute approximate surface area is 206 Å². The second-order valence-corrected chi connectivity index (χ2v) is 9.61. The van der Waals surface area contributed by atoms with Crippen LogP contribution in [0, 0.1) is 0 Å². The molecule has 0 radical (unpaired) electrons. The number of hydrogen-bond donors (Lipinski definition) is 0. The van der Waals surface area contributed by atoms with Crippen LogP contribution < -0.4 is 0 Å². The highest BCUT2D eigenvalue weighted by molar-refractivity contribution is 7.98. The number of aromatic nitrogens is 1. The zero-order valence-electron chi connectivity index (χ0n) is 19.6. The molecule has 0 aliphatic carbocycles. The molecule has 176 valence electrons. The van der Waals surface area contributed by atoms with Gasteiger partial charge in [-0.3, -0.25) is 14.6 Å². The van der Waals surface area contributed by atoms with Gasteiger partial charge in [0.25, 0.3) is 11.8 Å². The first-order valence-corrected chi connectivity index (χ1v) is 12.9. The maximum atomic E-state index is 13.4. The van der Waals surface area contributed by atoms with Gasteiger partial charge >= 0.3 is 0 Å². The zero-order chi connectivity index (χ0) is 23.8. The molecule has 6 heteroatoms. The topological polar surface area (TPSA) is 53.5 Å². The fourth-order valence-electron chi connectivity index (χ4n) is 4.34. The second kappa shape index (κ2) is 11.8. The summed E-state index contributed by atoms with van der Waals surface area (Å²) >= 11 is 1.74. The molecule has 4 rings (SSSR count). The number of rotatable bonds is 8. The summed E-state index contributed by atoms with van der Waals surface area (Å²) in [5.41, 5.74) is 2.63. The molecule has 1 aliphatic rings. The third kappa shape index (κ3) is 6.06. The highest BCUT2D eigenvalue weighted by Gasteiger charge is 2.30. The van der Waals surface area contributed by atoms with Gasteiger partial charge in [0.2, 0.25) is 0 Å². The number of hydrogen-bond acceptors (Lipinski definition) is 4. The van der Waals surface area contributed by atoms with Crippen molar-refractivity contribution < 1.29 is 9.59 Å². The van der Waals surface area contributed by atoms with Crippen molar-refractivity contribution in [2.45, 2.75) is 42.9 Å². The van der Waals surface area contributed by atoms with Crippen molar-refractivity contribution in [2.75, 3.05) is 19.6 Å². The third-order valence-electron chi connectivity index (χ3n) is 6.17. The van der Waals surface area contributed by atoms with Gasteiger partial charge in [0, 0.05) is 59.8 Å². The second-order valence-electron chi connectivity index (χ2n) is 8.56. The van der Waals surface area contributed by atoms with Gasteiger partial charge in [-0.25, -0.2) is 0 Å². The van der Waals surface area contributed by atoms with Crippen molar-refractivity contribution in [2.24, 2.45) is 0 Å². The fourth-order valence-corrected chi connectivity index (χ4v) is 5.18. The minimum absolute atomic E-state index is 0.0757. The molecule has 0 atom stereocenters. The summed E-state index contributed by atoms with van der Waals surface area (Å²) in [6, 6.07) is 21.5. The molecule has 34 heavy (non-hydrogen) atoms. The van der Waals surface area contributed by atoms with Crippen LogP contribution in [0.25, 0.3) is 0 Å². The summed E-state index contributed by atoms with van der Waals surface area (Å²) in [4.78, 5) is 35.4. The van der Waals surface area contributed by atoms with Crippen molar-refractivity contribution in [1.29, 1.82) is 0 Å². The van der Waals surface area contributed by atoms with E-state index in [9.17, 15) is 9.59 Å². The Morgan fingerprint density at radius 1 is 0.971 bits per heavy atom. The lowest BCUT2D eigenvalue weighted by molar-refractivity contribution is 0.0519. The largest absolute Gasteiger partial charge is 0.338 e. The third-order valence-corrected chi connectivity index (χ3v) is 7.25. The molecule has 3 aromatic rings. The number of piperidine rings is 1. The van der Waals surface area contributed by atoms with E-state index >= 15 is 0 Å². The lowest BCUT2D eigenvalue weighted by Gasteiger charge is -2.38. The molecular weight excluding hydrogens is 442 g/mol. The monoisotopic (exact) mass is 473 g/mol. The highest BCUT2D eigenvalue weighted by Crippen LogP contribution is 2.25. The van der Waals surface area contributed by atoms with Gasteiger partial charge in [0.05, 0.1) is 0 Å². The number of amides is 2. The SMILES string of the molecule is CCCN(C(=O)c1ccc(SCc2cccnc2)cc1)C1CCN(C(=O)c2ccccc2)CC1. The number of likely N-dealkylation sites (tertiary alicyclic amines) is 1. The Bertz CT molecular complexity index is 1070. The summed E-state index contributed by atoms with van der Waals surface area (Å²) < 4.78 is 0. The Balaban J connectivity index is 1.35. The lowest BCUT2D eigenvalue weighted by atomic mass is 10.0. The van der Waals surface area contributed by atoms with Gasteiger partial charge < -0.3 is 9.80 Å². The summed E-state index contributed by atoms with van der Waals surface area (Å²) in [6.45, 7) is 4.19. The maximum absolute atomic E-state index is 13.4. The van der Waals surface area contributed by atoms with E-state index in [0.717, 1.165) is 47.6 Å². The van der Waals surface area contributed by atoms with Gasteiger partial charge in [-0.05, 0) is 67.3 Å². The molecule has 0 unspecified atom stereocenters. The Morgan fingerprint density at radius 2 is 1.71 bits per heavy atom. The van der Waals surface area contributed by atoms with Gasteiger partial charge in [-0.2, -0.15) is 0 Å². The normalized spacial score (nSPS) is 14.1. The number of thioether (sulfide) groups is 1. The number of carbonyl (C=O) groups is 2. The summed E-state index contributed by atoms with van der Waals surface area (Å²) in [5, 5.41) is 0. The molecule has 1 aliphatic heterocycles. The smallest absolute Gasteiger partial charge is 0.254 e. The lowest BCUT2D eigenvalue weighted by Crippen LogP contribution is -2.49. The van der Waals surface area contributed by atoms with E-state index in [-0.39, 0.29) is 17.9 Å². The van der Waals surface area contributed by atoms with Crippen LogP contribution in [-0.4, -0.2) is 52.3 Å². The molecule has 0 spiro atoms. The van der Waals surface area contributed by atoms with E-state index in [1.54, 1.807) is 18.0 Å². The van der Waals surface area contributed by atoms with Gasteiger partial charge in [0.1, 0.15) is 0 Å². The number of carbonyl (C=O) groups excluding carboxylic acids is 2. The molecule has 1 aromatic heterocycles. The molecule has 2 amide bonds. The van der Waals surface area contributed by atoms with Crippen LogP contribution in [0.5, 0.6) is 0 Å². The van der Waals surface area contributed by atoms with Crippen LogP contribution in [0.2, 0.25) is 0 Å². The summed E-state index contributed by atoms with van der Waals surface area (Å²) in [6.07, 6.45) is 6.19. The predicted octanol–water partition coefficient (Wildman–Crippen LogP) is 5.53. The van der Waals surface area contributed by atoms with Crippen molar-refractivity contribution in [3.05, 3.63) is 95.8 Å². The van der Waals surface area contributed by atoms with E-state index in [0.29, 0.717) is 13.1 Å². The van der Waals surface area contributed by atoms with Crippen molar-refractivity contribution in [1.82, 2.24) is 14.8 Å². The van der Waals surface area contributed by atoms with Gasteiger partial charge in [0.15, 0.2) is 0 Å². The van der Waals surface area contributed by atoms with Gasteiger partial charge in [-0.15, -0.1) is 11.8 Å². The van der Waals surface area contributed by atoms with E-state index < -0.39 is 0 Å². The van der Waals surface area contributed by atoms with E-state index in [1.807, 2.05) is 76.7 Å². The van der Waals surface area contributed by atoms with Crippen LogP contribution in [0.1, 0.15) is 52.5 Å². The van der Waals surface area contributed by atoms with Crippen molar-refractivity contribution in [3.63, 3.8) is 0 Å². The van der Waals surface area contributed by atoms with Crippen LogP contribution in [0.4, 0.5) is 0 Å². The first-order valence-electron chi connectivity index (χ1n) is 11.9. The number of pyridine rings is 1.